The molecular formula is C7H12N4O. The van der Waals surface area contributed by atoms with Crippen LogP contribution in [-0.4, -0.2) is 23.2 Å². The molecule has 1 aliphatic heterocycles. The van der Waals surface area contributed by atoms with Gasteiger partial charge in [0.1, 0.15) is 0 Å². The molecular weight excluding hydrogens is 156 g/mol. The quantitative estimate of drug-likeness (QED) is 0.648. The molecule has 1 aromatic rings. The van der Waals surface area contributed by atoms with E-state index in [4.69, 9.17) is 10.3 Å². The summed E-state index contributed by atoms with van der Waals surface area (Å²) in [6, 6.07) is 0. The molecule has 2 rings (SSSR count). The number of hydrogen-bond acceptors (Lipinski definition) is 5. The SMILES string of the molecule is CC(c1nc(N)no1)C1CNC1. The van der Waals surface area contributed by atoms with Crippen molar-refractivity contribution < 1.29 is 4.52 Å². The summed E-state index contributed by atoms with van der Waals surface area (Å²) < 4.78 is 4.97. The highest BCUT2D eigenvalue weighted by molar-refractivity contribution is 5.12. The lowest BCUT2D eigenvalue weighted by Gasteiger charge is -2.30. The molecule has 2 heterocycles. The van der Waals surface area contributed by atoms with Gasteiger partial charge in [0.15, 0.2) is 0 Å². The Labute approximate surface area is 70.3 Å². The Balaban J connectivity index is 2.08. The van der Waals surface area contributed by atoms with Gasteiger partial charge < -0.3 is 15.6 Å². The smallest absolute Gasteiger partial charge is 0.260 e. The lowest BCUT2D eigenvalue weighted by atomic mass is 9.89. The van der Waals surface area contributed by atoms with Crippen LogP contribution in [-0.2, 0) is 0 Å². The van der Waals surface area contributed by atoms with E-state index >= 15 is 0 Å². The zero-order valence-corrected chi connectivity index (χ0v) is 6.95. The Kier molecular flexibility index (Phi) is 1.73. The molecule has 66 valence electrons. The number of hydrogen-bond donors (Lipinski definition) is 2. The first-order chi connectivity index (χ1) is 5.77. The third kappa shape index (κ3) is 1.16. The monoisotopic (exact) mass is 168 g/mol. The predicted octanol–water partition coefficient (Wildman–Crippen LogP) is -0.0253. The molecule has 0 radical (unpaired) electrons. The standard InChI is InChI=1S/C7H12N4O/c1-4(5-2-9-3-5)6-10-7(8)11-12-6/h4-5,9H,2-3H2,1H3,(H2,8,11). The van der Waals surface area contributed by atoms with E-state index in [1.165, 1.54) is 0 Å². The van der Waals surface area contributed by atoms with Crippen molar-refractivity contribution >= 4 is 5.95 Å². The van der Waals surface area contributed by atoms with Crippen molar-refractivity contribution in [2.45, 2.75) is 12.8 Å². The molecule has 1 unspecified atom stereocenters. The van der Waals surface area contributed by atoms with E-state index in [0.29, 0.717) is 17.7 Å². The van der Waals surface area contributed by atoms with Gasteiger partial charge in [0.2, 0.25) is 5.89 Å². The summed E-state index contributed by atoms with van der Waals surface area (Å²) in [7, 11) is 0. The van der Waals surface area contributed by atoms with Gasteiger partial charge in [0.05, 0.1) is 0 Å². The molecule has 0 aromatic carbocycles. The Bertz CT molecular complexity index is 268. The Hall–Kier alpha value is -1.10. The lowest BCUT2D eigenvalue weighted by molar-refractivity contribution is 0.253. The number of nitrogens with zero attached hydrogens (tertiary/aromatic N) is 2. The second-order valence-electron chi connectivity index (χ2n) is 3.20. The number of nitrogens with one attached hydrogen (secondary N) is 1. The first-order valence-corrected chi connectivity index (χ1v) is 4.07. The molecule has 0 spiro atoms. The van der Waals surface area contributed by atoms with Crippen LogP contribution in [0.5, 0.6) is 0 Å². The molecule has 0 aliphatic carbocycles. The summed E-state index contributed by atoms with van der Waals surface area (Å²) in [6.07, 6.45) is 0. The lowest BCUT2D eigenvalue weighted by Crippen LogP contribution is -2.44. The van der Waals surface area contributed by atoms with Crippen LogP contribution in [0.15, 0.2) is 4.52 Å². The highest BCUT2D eigenvalue weighted by atomic mass is 16.5. The first kappa shape index (κ1) is 7.54. The van der Waals surface area contributed by atoms with Crippen molar-refractivity contribution in [2.24, 2.45) is 5.92 Å². The van der Waals surface area contributed by atoms with Crippen LogP contribution in [0.4, 0.5) is 5.95 Å². The predicted molar refractivity (Wildman–Crippen MR) is 43.5 cm³/mol. The largest absolute Gasteiger partial charge is 0.365 e. The minimum atomic E-state index is 0.226. The van der Waals surface area contributed by atoms with Crippen molar-refractivity contribution in [1.29, 1.82) is 0 Å². The van der Waals surface area contributed by atoms with E-state index in [2.05, 4.69) is 22.4 Å². The normalized spacial score (nSPS) is 20.4. The van der Waals surface area contributed by atoms with Gasteiger partial charge in [0.25, 0.3) is 5.95 Å². The zero-order chi connectivity index (χ0) is 8.55. The van der Waals surface area contributed by atoms with Gasteiger partial charge in [-0.3, -0.25) is 0 Å². The van der Waals surface area contributed by atoms with Crippen molar-refractivity contribution in [3.05, 3.63) is 5.89 Å². The van der Waals surface area contributed by atoms with Crippen LogP contribution in [0.1, 0.15) is 18.7 Å². The summed E-state index contributed by atoms with van der Waals surface area (Å²) in [5.41, 5.74) is 5.34. The van der Waals surface area contributed by atoms with Crippen molar-refractivity contribution in [2.75, 3.05) is 18.8 Å². The van der Waals surface area contributed by atoms with Crippen LogP contribution in [0.3, 0.4) is 0 Å². The number of aromatic nitrogens is 2. The number of anilines is 1. The maximum absolute atomic E-state index is 5.34. The van der Waals surface area contributed by atoms with Gasteiger partial charge in [-0.1, -0.05) is 6.92 Å². The number of nitrogen functional groups attached to an aromatic ring is 1. The fraction of sp³-hybridized carbons (Fsp3) is 0.714. The summed E-state index contributed by atoms with van der Waals surface area (Å²) >= 11 is 0. The van der Waals surface area contributed by atoms with Crippen molar-refractivity contribution in [1.82, 2.24) is 15.5 Å². The topological polar surface area (TPSA) is 77.0 Å². The molecule has 0 bridgehead atoms. The first-order valence-electron chi connectivity index (χ1n) is 4.07. The maximum Gasteiger partial charge on any atom is 0.260 e. The van der Waals surface area contributed by atoms with E-state index in [1.54, 1.807) is 0 Å². The van der Waals surface area contributed by atoms with Gasteiger partial charge in [0, 0.05) is 5.92 Å². The molecule has 0 saturated carbocycles. The molecule has 1 saturated heterocycles. The number of nitrogens with two attached hydrogens (primary N) is 1. The van der Waals surface area contributed by atoms with Gasteiger partial charge >= 0.3 is 0 Å². The summed E-state index contributed by atoms with van der Waals surface area (Å²) in [5.74, 6) is 1.81. The van der Waals surface area contributed by atoms with Gasteiger partial charge in [-0.05, 0) is 24.2 Å². The molecule has 5 nitrogen and oxygen atoms in total. The average molecular weight is 168 g/mol. The molecule has 5 heteroatoms. The number of rotatable bonds is 2. The maximum atomic E-state index is 5.34. The van der Waals surface area contributed by atoms with Crippen LogP contribution < -0.4 is 11.1 Å². The molecule has 12 heavy (non-hydrogen) atoms. The fourth-order valence-corrected chi connectivity index (χ4v) is 1.30. The van der Waals surface area contributed by atoms with Crippen molar-refractivity contribution in [3.63, 3.8) is 0 Å². The summed E-state index contributed by atoms with van der Waals surface area (Å²) in [6.45, 7) is 4.14. The van der Waals surface area contributed by atoms with Crippen LogP contribution in [0.25, 0.3) is 0 Å². The van der Waals surface area contributed by atoms with Crippen molar-refractivity contribution in [3.8, 4) is 0 Å². The minimum absolute atomic E-state index is 0.226. The Morgan fingerprint density at radius 1 is 1.67 bits per heavy atom. The minimum Gasteiger partial charge on any atom is -0.365 e. The fourth-order valence-electron chi connectivity index (χ4n) is 1.30. The molecule has 1 fully saturated rings. The average Bonchev–Trinajstić information content (AvgIpc) is 2.31. The van der Waals surface area contributed by atoms with Crippen LogP contribution in [0, 0.1) is 5.92 Å². The molecule has 1 aliphatic rings. The van der Waals surface area contributed by atoms with E-state index in [-0.39, 0.29) is 5.95 Å². The molecule has 3 N–H and O–H groups in total. The second kappa shape index (κ2) is 2.75. The van der Waals surface area contributed by atoms with Gasteiger partial charge in [-0.25, -0.2) is 0 Å². The third-order valence-electron chi connectivity index (χ3n) is 2.37. The van der Waals surface area contributed by atoms with Crippen LogP contribution >= 0.6 is 0 Å². The molecule has 1 aromatic heterocycles. The van der Waals surface area contributed by atoms with Gasteiger partial charge in [-0.15, -0.1) is 0 Å². The Morgan fingerprint density at radius 3 is 2.83 bits per heavy atom. The highest BCUT2D eigenvalue weighted by Crippen LogP contribution is 2.25. The van der Waals surface area contributed by atoms with Gasteiger partial charge in [-0.2, -0.15) is 4.98 Å². The summed E-state index contributed by atoms with van der Waals surface area (Å²) in [4.78, 5) is 3.99. The second-order valence-corrected chi connectivity index (χ2v) is 3.20. The van der Waals surface area contributed by atoms with E-state index in [0.717, 1.165) is 13.1 Å². The van der Waals surface area contributed by atoms with Crippen LogP contribution in [0.2, 0.25) is 0 Å². The highest BCUT2D eigenvalue weighted by Gasteiger charge is 2.28. The third-order valence-corrected chi connectivity index (χ3v) is 2.37. The summed E-state index contributed by atoms with van der Waals surface area (Å²) in [5, 5.41) is 6.75. The Morgan fingerprint density at radius 2 is 2.42 bits per heavy atom. The van der Waals surface area contributed by atoms with E-state index in [9.17, 15) is 0 Å². The van der Waals surface area contributed by atoms with E-state index < -0.39 is 0 Å². The van der Waals surface area contributed by atoms with E-state index in [1.807, 2.05) is 0 Å². The molecule has 0 amide bonds. The zero-order valence-electron chi connectivity index (χ0n) is 6.95. The molecule has 1 atom stereocenters.